The van der Waals surface area contributed by atoms with Crippen LogP contribution in [0.25, 0.3) is 22.2 Å². The molecule has 0 bridgehead atoms. The van der Waals surface area contributed by atoms with E-state index in [-0.39, 0.29) is 29.6 Å². The first-order chi connectivity index (χ1) is 14.6. The van der Waals surface area contributed by atoms with Crippen LogP contribution >= 0.6 is 11.6 Å². The zero-order chi connectivity index (χ0) is 21.1. The van der Waals surface area contributed by atoms with E-state index in [1.54, 1.807) is 48.5 Å². The minimum Gasteiger partial charge on any atom is -0.451 e. The fourth-order valence-corrected chi connectivity index (χ4v) is 3.09. The Morgan fingerprint density at radius 1 is 1.10 bits per heavy atom. The highest BCUT2D eigenvalue weighted by atomic mass is 35.5. The van der Waals surface area contributed by atoms with Crippen molar-refractivity contribution in [2.45, 2.75) is 26.5 Å². The molecule has 9 heteroatoms. The summed E-state index contributed by atoms with van der Waals surface area (Å²) in [5.74, 6) is -0.250. The predicted molar refractivity (Wildman–Crippen MR) is 110 cm³/mol. The summed E-state index contributed by atoms with van der Waals surface area (Å²) in [6, 6.07) is 13.7. The SMILES string of the molecule is CCCn1nc(C(=O)OCc2nnc(-c3ccc(Cl)cc3)o2)c2ccccc2c1=O. The molecule has 4 aromatic rings. The van der Waals surface area contributed by atoms with Crippen LogP contribution in [0, 0.1) is 0 Å². The molecule has 0 aliphatic carbocycles. The Balaban J connectivity index is 1.56. The number of aryl methyl sites for hydroxylation is 1. The largest absolute Gasteiger partial charge is 0.451 e. The summed E-state index contributed by atoms with van der Waals surface area (Å²) in [5, 5.41) is 13.5. The molecule has 0 radical (unpaired) electrons. The summed E-state index contributed by atoms with van der Waals surface area (Å²) in [4.78, 5) is 25.2. The highest BCUT2D eigenvalue weighted by Crippen LogP contribution is 2.21. The molecule has 0 spiro atoms. The van der Waals surface area contributed by atoms with Gasteiger partial charge in [-0.15, -0.1) is 10.2 Å². The van der Waals surface area contributed by atoms with Crippen molar-refractivity contribution in [1.29, 1.82) is 0 Å². The second-order valence-electron chi connectivity index (χ2n) is 6.51. The number of aromatic nitrogens is 4. The van der Waals surface area contributed by atoms with E-state index in [9.17, 15) is 9.59 Å². The summed E-state index contributed by atoms with van der Waals surface area (Å²) >= 11 is 5.88. The van der Waals surface area contributed by atoms with Crippen LogP contribution in [0.1, 0.15) is 29.7 Å². The van der Waals surface area contributed by atoms with Gasteiger partial charge in [0.2, 0.25) is 5.89 Å². The van der Waals surface area contributed by atoms with Crippen LogP contribution < -0.4 is 5.56 Å². The van der Waals surface area contributed by atoms with Crippen molar-refractivity contribution in [3.8, 4) is 11.5 Å². The monoisotopic (exact) mass is 424 g/mol. The molecule has 0 saturated heterocycles. The maximum atomic E-state index is 12.7. The number of rotatable bonds is 6. The van der Waals surface area contributed by atoms with Gasteiger partial charge in [0.1, 0.15) is 0 Å². The number of hydrogen-bond acceptors (Lipinski definition) is 7. The predicted octanol–water partition coefficient (Wildman–Crippen LogP) is 3.87. The fraction of sp³-hybridized carbons (Fsp3) is 0.190. The van der Waals surface area contributed by atoms with Crippen LogP contribution in [0.2, 0.25) is 5.02 Å². The molecule has 30 heavy (non-hydrogen) atoms. The Labute approximate surface area is 176 Å². The summed E-state index contributed by atoms with van der Waals surface area (Å²) in [6.45, 7) is 2.11. The van der Waals surface area contributed by atoms with Crippen LogP contribution in [0.4, 0.5) is 0 Å². The lowest BCUT2D eigenvalue weighted by Crippen LogP contribution is -2.26. The number of halogens is 1. The summed E-state index contributed by atoms with van der Waals surface area (Å²) in [7, 11) is 0. The number of carbonyl (C=O) groups is 1. The van der Waals surface area contributed by atoms with Crippen molar-refractivity contribution in [1.82, 2.24) is 20.0 Å². The molecule has 0 aliphatic rings. The molecule has 0 amide bonds. The van der Waals surface area contributed by atoms with Gasteiger partial charge in [0.15, 0.2) is 12.3 Å². The third kappa shape index (κ3) is 3.95. The van der Waals surface area contributed by atoms with Crippen LogP contribution in [0.5, 0.6) is 0 Å². The van der Waals surface area contributed by atoms with Gasteiger partial charge in [0.25, 0.3) is 11.4 Å². The number of hydrogen-bond donors (Lipinski definition) is 0. The zero-order valence-electron chi connectivity index (χ0n) is 16.0. The second-order valence-corrected chi connectivity index (χ2v) is 6.94. The van der Waals surface area contributed by atoms with Gasteiger partial charge in [-0.05, 0) is 36.8 Å². The Morgan fingerprint density at radius 3 is 2.57 bits per heavy atom. The van der Waals surface area contributed by atoms with Gasteiger partial charge in [-0.1, -0.05) is 36.7 Å². The number of ether oxygens (including phenoxy) is 1. The molecule has 2 heterocycles. The van der Waals surface area contributed by atoms with Crippen molar-refractivity contribution in [2.75, 3.05) is 0 Å². The van der Waals surface area contributed by atoms with E-state index in [0.717, 1.165) is 0 Å². The minimum atomic E-state index is -0.678. The normalized spacial score (nSPS) is 11.0. The van der Waals surface area contributed by atoms with E-state index in [1.165, 1.54) is 4.68 Å². The Kier molecular flexibility index (Phi) is 5.58. The van der Waals surface area contributed by atoms with E-state index in [2.05, 4.69) is 15.3 Å². The van der Waals surface area contributed by atoms with E-state index >= 15 is 0 Å². The lowest BCUT2D eigenvalue weighted by molar-refractivity contribution is 0.0431. The Hall–Kier alpha value is -3.52. The Bertz CT molecular complexity index is 1260. The number of benzene rings is 2. The molecular weight excluding hydrogens is 408 g/mol. The lowest BCUT2D eigenvalue weighted by Gasteiger charge is -2.09. The molecule has 0 N–H and O–H groups in total. The molecule has 4 rings (SSSR count). The lowest BCUT2D eigenvalue weighted by atomic mass is 10.1. The van der Waals surface area contributed by atoms with Crippen molar-refractivity contribution in [3.05, 3.63) is 75.5 Å². The molecule has 2 aromatic heterocycles. The first-order valence-corrected chi connectivity index (χ1v) is 9.70. The third-order valence-corrected chi connectivity index (χ3v) is 4.63. The third-order valence-electron chi connectivity index (χ3n) is 4.38. The Morgan fingerprint density at radius 2 is 1.83 bits per heavy atom. The maximum Gasteiger partial charge on any atom is 0.359 e. The van der Waals surface area contributed by atoms with Crippen molar-refractivity contribution in [2.24, 2.45) is 0 Å². The van der Waals surface area contributed by atoms with Crippen LogP contribution in [-0.4, -0.2) is 25.9 Å². The maximum absolute atomic E-state index is 12.7. The standard InChI is InChI=1S/C21H17ClN4O4/c1-2-11-26-20(27)16-6-4-3-5-15(16)18(25-26)21(28)29-12-17-23-24-19(30-17)13-7-9-14(22)10-8-13/h3-10H,2,11-12H2,1H3. The molecule has 8 nitrogen and oxygen atoms in total. The summed E-state index contributed by atoms with van der Waals surface area (Å²) < 4.78 is 12.2. The molecule has 152 valence electrons. The first kappa shape index (κ1) is 19.8. The van der Waals surface area contributed by atoms with Crippen molar-refractivity contribution < 1.29 is 13.9 Å². The van der Waals surface area contributed by atoms with Crippen molar-refractivity contribution >= 4 is 28.3 Å². The summed E-state index contributed by atoms with van der Waals surface area (Å²) in [5.41, 5.74) is 0.522. The van der Waals surface area contributed by atoms with Gasteiger partial charge in [0.05, 0.1) is 5.39 Å². The number of esters is 1. The average Bonchev–Trinajstić information content (AvgIpc) is 3.24. The van der Waals surface area contributed by atoms with Crippen molar-refractivity contribution in [3.63, 3.8) is 0 Å². The van der Waals surface area contributed by atoms with Crippen LogP contribution in [0.3, 0.4) is 0 Å². The number of nitrogens with zero attached hydrogens (tertiary/aromatic N) is 4. The quantitative estimate of drug-likeness (QED) is 0.433. The number of carbonyl (C=O) groups excluding carboxylic acids is 1. The topological polar surface area (TPSA) is 100 Å². The highest BCUT2D eigenvalue weighted by Gasteiger charge is 2.19. The zero-order valence-corrected chi connectivity index (χ0v) is 16.8. The smallest absolute Gasteiger partial charge is 0.359 e. The van der Waals surface area contributed by atoms with Gasteiger partial charge in [-0.2, -0.15) is 5.10 Å². The molecule has 0 atom stereocenters. The van der Waals surface area contributed by atoms with E-state index < -0.39 is 5.97 Å². The molecule has 2 aromatic carbocycles. The molecule has 0 saturated carbocycles. The van der Waals surface area contributed by atoms with Crippen LogP contribution in [0.15, 0.2) is 57.7 Å². The number of fused-ring (bicyclic) bond motifs is 1. The van der Waals surface area contributed by atoms with E-state index in [1.807, 2.05) is 6.92 Å². The van der Waals surface area contributed by atoms with Crippen LogP contribution in [-0.2, 0) is 17.9 Å². The second kappa shape index (κ2) is 8.46. The minimum absolute atomic E-state index is 0.0658. The van der Waals surface area contributed by atoms with E-state index in [0.29, 0.717) is 34.3 Å². The van der Waals surface area contributed by atoms with E-state index in [4.69, 9.17) is 20.8 Å². The average molecular weight is 425 g/mol. The highest BCUT2D eigenvalue weighted by molar-refractivity contribution is 6.30. The molecular formula is C21H17ClN4O4. The molecule has 0 aliphatic heterocycles. The molecule has 0 unspecified atom stereocenters. The van der Waals surface area contributed by atoms with Gasteiger partial charge in [-0.25, -0.2) is 9.48 Å². The first-order valence-electron chi connectivity index (χ1n) is 9.32. The van der Waals surface area contributed by atoms with Gasteiger partial charge in [0, 0.05) is 22.5 Å². The summed E-state index contributed by atoms with van der Waals surface area (Å²) in [6.07, 6.45) is 0.704. The fourth-order valence-electron chi connectivity index (χ4n) is 2.97. The van der Waals surface area contributed by atoms with Gasteiger partial charge < -0.3 is 9.15 Å². The van der Waals surface area contributed by atoms with Gasteiger partial charge in [-0.3, -0.25) is 4.79 Å². The van der Waals surface area contributed by atoms with Gasteiger partial charge >= 0.3 is 5.97 Å². The molecule has 0 fully saturated rings.